The van der Waals surface area contributed by atoms with Crippen molar-refractivity contribution in [2.45, 2.75) is 18.4 Å². The lowest BCUT2D eigenvalue weighted by Crippen LogP contribution is -2.48. The van der Waals surface area contributed by atoms with Gasteiger partial charge in [-0.05, 0) is 23.8 Å². The first-order chi connectivity index (χ1) is 13.2. The number of halogens is 5. The molecule has 0 saturated carbocycles. The summed E-state index contributed by atoms with van der Waals surface area (Å²) in [5, 5.41) is 5.00. The van der Waals surface area contributed by atoms with Gasteiger partial charge >= 0.3 is 6.18 Å². The van der Waals surface area contributed by atoms with E-state index >= 15 is 0 Å². The zero-order valence-corrected chi connectivity index (χ0v) is 15.2. The molecule has 2 N–H and O–H groups in total. The molecule has 1 aliphatic rings. The van der Waals surface area contributed by atoms with E-state index in [9.17, 15) is 22.4 Å². The van der Waals surface area contributed by atoms with E-state index in [1.807, 2.05) is 0 Å². The maximum Gasteiger partial charge on any atom is 0.415 e. The fourth-order valence-corrected chi connectivity index (χ4v) is 2.99. The molecule has 1 amide bonds. The van der Waals surface area contributed by atoms with Crippen LogP contribution in [0.4, 0.5) is 17.6 Å². The Morgan fingerprint density at radius 3 is 2.68 bits per heavy atom. The third-order valence-electron chi connectivity index (χ3n) is 4.09. The molecule has 2 aromatic heterocycles. The lowest BCUT2D eigenvalue weighted by atomic mass is 10.0. The Morgan fingerprint density at radius 1 is 1.25 bits per heavy atom. The number of nitrogens with zero attached hydrogens (tertiary/aromatic N) is 2. The zero-order valence-electron chi connectivity index (χ0n) is 14.5. The molecule has 0 spiro atoms. The third-order valence-corrected chi connectivity index (χ3v) is 4.28. The highest BCUT2D eigenvalue weighted by atomic mass is 35.5. The minimum atomic E-state index is -4.51. The standard InChI is InChI=1S/C17H15ClF4N4O2/c1-23-16(27)11-2-8(5-15(19)26-11)10-3-9(4-14(18)25-10)12-6-24-7-13(28-12)17(20,21)22/h2-5,12-13,24H,6-7H2,1H3,(H,23,27). The molecule has 1 aliphatic heterocycles. The molecule has 2 atom stereocenters. The lowest BCUT2D eigenvalue weighted by Gasteiger charge is -2.32. The zero-order chi connectivity index (χ0) is 20.5. The van der Waals surface area contributed by atoms with E-state index in [4.69, 9.17) is 16.3 Å². The summed E-state index contributed by atoms with van der Waals surface area (Å²) in [6.45, 7) is -0.211. The van der Waals surface area contributed by atoms with Crippen molar-refractivity contribution in [1.82, 2.24) is 20.6 Å². The average molecular weight is 419 g/mol. The molecule has 0 aromatic carbocycles. The van der Waals surface area contributed by atoms with Gasteiger partial charge in [0.05, 0.1) is 11.8 Å². The number of alkyl halides is 3. The van der Waals surface area contributed by atoms with Crippen molar-refractivity contribution < 1.29 is 27.1 Å². The summed E-state index contributed by atoms with van der Waals surface area (Å²) in [7, 11) is 1.37. The quantitative estimate of drug-likeness (QED) is 0.592. The van der Waals surface area contributed by atoms with Gasteiger partial charge < -0.3 is 15.4 Å². The van der Waals surface area contributed by atoms with Crippen LogP contribution in [0.15, 0.2) is 24.3 Å². The number of morpholine rings is 1. The van der Waals surface area contributed by atoms with Crippen LogP contribution < -0.4 is 10.6 Å². The smallest absolute Gasteiger partial charge is 0.358 e. The van der Waals surface area contributed by atoms with Gasteiger partial charge in [-0.15, -0.1) is 0 Å². The Labute approximate surface area is 162 Å². The third kappa shape index (κ3) is 4.57. The highest BCUT2D eigenvalue weighted by Gasteiger charge is 2.44. The van der Waals surface area contributed by atoms with Gasteiger partial charge in [-0.2, -0.15) is 17.6 Å². The van der Waals surface area contributed by atoms with Gasteiger partial charge in [-0.1, -0.05) is 11.6 Å². The number of pyridine rings is 2. The van der Waals surface area contributed by atoms with E-state index in [1.54, 1.807) is 0 Å². The first-order valence-electron chi connectivity index (χ1n) is 8.18. The summed E-state index contributed by atoms with van der Waals surface area (Å²) in [4.78, 5) is 19.3. The summed E-state index contributed by atoms with van der Waals surface area (Å²) < 4.78 is 57.9. The number of amides is 1. The second-order valence-corrected chi connectivity index (χ2v) is 6.45. The van der Waals surface area contributed by atoms with Crippen molar-refractivity contribution in [2.24, 2.45) is 0 Å². The number of rotatable bonds is 3. The predicted octanol–water partition coefficient (Wildman–Crippen LogP) is 2.89. The second-order valence-electron chi connectivity index (χ2n) is 6.06. The average Bonchev–Trinajstić information content (AvgIpc) is 2.65. The molecule has 3 rings (SSSR count). The number of ether oxygens (including phenoxy) is 1. The van der Waals surface area contributed by atoms with Crippen molar-refractivity contribution in [3.63, 3.8) is 0 Å². The number of carbonyl (C=O) groups is 1. The maximum atomic E-state index is 13.8. The molecule has 6 nitrogen and oxygen atoms in total. The van der Waals surface area contributed by atoms with Crippen LogP contribution in [0.25, 0.3) is 11.3 Å². The number of hydrogen-bond acceptors (Lipinski definition) is 5. The number of carbonyl (C=O) groups excluding carboxylic acids is 1. The van der Waals surface area contributed by atoms with E-state index in [1.165, 1.54) is 25.2 Å². The molecule has 2 unspecified atom stereocenters. The number of aromatic nitrogens is 2. The molecule has 28 heavy (non-hydrogen) atoms. The topological polar surface area (TPSA) is 76.1 Å². The molecule has 0 radical (unpaired) electrons. The Morgan fingerprint density at radius 2 is 2.00 bits per heavy atom. The molecular formula is C17H15ClF4N4O2. The molecule has 3 heterocycles. The van der Waals surface area contributed by atoms with Gasteiger partial charge in [0.25, 0.3) is 5.91 Å². The van der Waals surface area contributed by atoms with E-state index in [0.29, 0.717) is 5.56 Å². The van der Waals surface area contributed by atoms with Crippen molar-refractivity contribution in [3.8, 4) is 11.3 Å². The van der Waals surface area contributed by atoms with Gasteiger partial charge in [0, 0.05) is 31.8 Å². The fourth-order valence-electron chi connectivity index (χ4n) is 2.77. The number of nitrogens with one attached hydrogen (secondary N) is 2. The maximum absolute atomic E-state index is 13.8. The molecule has 11 heteroatoms. The molecule has 1 saturated heterocycles. The normalized spacial score (nSPS) is 20.1. The van der Waals surface area contributed by atoms with E-state index in [0.717, 1.165) is 6.07 Å². The Bertz CT molecular complexity index is 894. The van der Waals surface area contributed by atoms with Gasteiger partial charge in [0.15, 0.2) is 6.10 Å². The molecule has 2 aromatic rings. The Hall–Kier alpha value is -2.30. The molecular weight excluding hydrogens is 404 g/mol. The summed E-state index contributed by atoms with van der Waals surface area (Å²) in [5.74, 6) is -1.51. The minimum Gasteiger partial charge on any atom is -0.358 e. The van der Waals surface area contributed by atoms with Crippen molar-refractivity contribution >= 4 is 17.5 Å². The van der Waals surface area contributed by atoms with E-state index in [2.05, 4.69) is 20.6 Å². The van der Waals surface area contributed by atoms with Crippen molar-refractivity contribution in [3.05, 3.63) is 46.6 Å². The first kappa shape index (κ1) is 20.4. The van der Waals surface area contributed by atoms with Gasteiger partial charge in [-0.25, -0.2) is 9.97 Å². The van der Waals surface area contributed by atoms with Crippen molar-refractivity contribution in [2.75, 3.05) is 20.1 Å². The van der Waals surface area contributed by atoms with Crippen LogP contribution >= 0.6 is 11.6 Å². The van der Waals surface area contributed by atoms with Crippen LogP contribution in [0.5, 0.6) is 0 Å². The highest BCUT2D eigenvalue weighted by Crippen LogP contribution is 2.33. The number of hydrogen-bond donors (Lipinski definition) is 2. The molecule has 1 fully saturated rings. The van der Waals surface area contributed by atoms with Crippen LogP contribution in [-0.4, -0.2) is 48.3 Å². The lowest BCUT2D eigenvalue weighted by molar-refractivity contribution is -0.240. The Balaban J connectivity index is 1.96. The fraction of sp³-hybridized carbons (Fsp3) is 0.353. The van der Waals surface area contributed by atoms with Gasteiger partial charge in [-0.3, -0.25) is 4.79 Å². The van der Waals surface area contributed by atoms with Gasteiger partial charge in [0.1, 0.15) is 10.8 Å². The monoisotopic (exact) mass is 418 g/mol. The predicted molar refractivity (Wildman–Crippen MR) is 92.4 cm³/mol. The largest absolute Gasteiger partial charge is 0.415 e. The molecule has 150 valence electrons. The summed E-state index contributed by atoms with van der Waals surface area (Å²) >= 11 is 6.02. The first-order valence-corrected chi connectivity index (χ1v) is 8.55. The van der Waals surface area contributed by atoms with Crippen LogP contribution in [0.2, 0.25) is 5.15 Å². The molecule has 0 aliphatic carbocycles. The van der Waals surface area contributed by atoms with Gasteiger partial charge in [0.2, 0.25) is 5.95 Å². The summed E-state index contributed by atoms with van der Waals surface area (Å²) in [5.41, 5.74) is 0.543. The van der Waals surface area contributed by atoms with Crippen LogP contribution in [-0.2, 0) is 4.74 Å². The summed E-state index contributed by atoms with van der Waals surface area (Å²) in [6.07, 6.45) is -7.40. The SMILES string of the molecule is CNC(=O)c1cc(-c2cc(C3CNCC(C(F)(F)F)O3)cc(Cl)n2)cc(F)n1. The Kier molecular flexibility index (Phi) is 5.82. The second kappa shape index (κ2) is 7.98. The van der Waals surface area contributed by atoms with E-state index in [-0.39, 0.29) is 35.2 Å². The van der Waals surface area contributed by atoms with E-state index < -0.39 is 30.2 Å². The van der Waals surface area contributed by atoms with Crippen LogP contribution in [0.1, 0.15) is 22.2 Å². The molecule has 0 bridgehead atoms. The van der Waals surface area contributed by atoms with Crippen LogP contribution in [0, 0.1) is 5.95 Å². The minimum absolute atomic E-state index is 0.0102. The van der Waals surface area contributed by atoms with Crippen molar-refractivity contribution in [1.29, 1.82) is 0 Å². The highest BCUT2D eigenvalue weighted by molar-refractivity contribution is 6.29. The van der Waals surface area contributed by atoms with Crippen LogP contribution in [0.3, 0.4) is 0 Å². The summed E-state index contributed by atoms with van der Waals surface area (Å²) in [6, 6.07) is 5.18.